The molecule has 0 saturated heterocycles. The summed E-state index contributed by atoms with van der Waals surface area (Å²) in [6.07, 6.45) is 0.00509. The number of aromatic nitrogens is 1. The Morgan fingerprint density at radius 3 is 2.62 bits per heavy atom. The summed E-state index contributed by atoms with van der Waals surface area (Å²) in [5, 5.41) is 21.1. The van der Waals surface area contributed by atoms with Gasteiger partial charge in [0.1, 0.15) is 17.8 Å². The van der Waals surface area contributed by atoms with E-state index in [0.717, 1.165) is 0 Å². The first-order valence-corrected chi connectivity index (χ1v) is 8.32. The van der Waals surface area contributed by atoms with E-state index in [2.05, 4.69) is 0 Å². The first-order valence-electron chi connectivity index (χ1n) is 8.32. The fraction of sp³-hybridized carbons (Fsp3) is 0.500. The van der Waals surface area contributed by atoms with Crippen molar-refractivity contribution < 1.29 is 29.3 Å². The van der Waals surface area contributed by atoms with Crippen LogP contribution in [0.25, 0.3) is 5.76 Å². The predicted molar refractivity (Wildman–Crippen MR) is 90.1 cm³/mol. The van der Waals surface area contributed by atoms with Crippen molar-refractivity contribution in [3.05, 3.63) is 38.8 Å². The second-order valence-corrected chi connectivity index (χ2v) is 7.43. The molecule has 26 heavy (non-hydrogen) atoms. The summed E-state index contributed by atoms with van der Waals surface area (Å²) in [5.41, 5.74) is -2.99. The number of rotatable bonds is 2. The smallest absolute Gasteiger partial charge is 0.343 e. The van der Waals surface area contributed by atoms with Gasteiger partial charge in [0.05, 0.1) is 17.8 Å². The van der Waals surface area contributed by atoms with Crippen LogP contribution in [-0.4, -0.2) is 32.3 Å². The van der Waals surface area contributed by atoms with E-state index in [1.807, 2.05) is 0 Å². The zero-order valence-corrected chi connectivity index (χ0v) is 15.1. The van der Waals surface area contributed by atoms with Crippen LogP contribution in [0.4, 0.5) is 0 Å². The average molecular weight is 363 g/mol. The summed E-state index contributed by atoms with van der Waals surface area (Å²) in [7, 11) is 0. The van der Waals surface area contributed by atoms with Crippen LogP contribution in [0.3, 0.4) is 0 Å². The normalized spacial score (nSPS) is 22.0. The van der Waals surface area contributed by atoms with E-state index in [1.165, 1.54) is 10.6 Å². The summed E-state index contributed by atoms with van der Waals surface area (Å²) >= 11 is 0. The number of esters is 2. The number of ether oxygens (including phenoxy) is 2. The van der Waals surface area contributed by atoms with Crippen molar-refractivity contribution in [1.29, 1.82) is 0 Å². The maximum atomic E-state index is 12.8. The number of fused-ring (bicyclic) bond motifs is 2. The van der Waals surface area contributed by atoms with Crippen LogP contribution >= 0.6 is 0 Å². The molecule has 1 aromatic heterocycles. The molecule has 0 aliphatic carbocycles. The molecule has 3 rings (SSSR count). The fourth-order valence-electron chi connectivity index (χ4n) is 3.14. The van der Waals surface area contributed by atoms with Crippen LogP contribution in [-0.2, 0) is 37.8 Å². The van der Waals surface area contributed by atoms with Crippen LogP contribution < -0.4 is 5.56 Å². The SMILES string of the molecule is CCC1(O)C(=O)OCc2c1cc1n(c2=O)CC(C(=O)OC(C)(C)C)=C1O. The Morgan fingerprint density at radius 1 is 1.38 bits per heavy atom. The van der Waals surface area contributed by atoms with Gasteiger partial charge in [0, 0.05) is 5.56 Å². The zero-order valence-electron chi connectivity index (χ0n) is 15.1. The molecular formula is C18H21NO7. The molecular weight excluding hydrogens is 342 g/mol. The number of pyridine rings is 1. The Bertz CT molecular complexity index is 903. The monoisotopic (exact) mass is 363 g/mol. The lowest BCUT2D eigenvalue weighted by Gasteiger charge is -2.31. The zero-order chi connectivity index (χ0) is 19.4. The van der Waals surface area contributed by atoms with Gasteiger partial charge in [0.15, 0.2) is 11.4 Å². The summed E-state index contributed by atoms with van der Waals surface area (Å²) in [4.78, 5) is 37.1. The number of carbonyl (C=O) groups is 2. The maximum Gasteiger partial charge on any atom is 0.343 e. The molecule has 8 nitrogen and oxygen atoms in total. The quantitative estimate of drug-likeness (QED) is 0.757. The van der Waals surface area contributed by atoms with Gasteiger partial charge in [-0.05, 0) is 33.3 Å². The number of cyclic esters (lactones) is 1. The van der Waals surface area contributed by atoms with Crippen molar-refractivity contribution in [2.24, 2.45) is 0 Å². The van der Waals surface area contributed by atoms with Crippen molar-refractivity contribution in [2.45, 2.75) is 58.5 Å². The maximum absolute atomic E-state index is 12.8. The van der Waals surface area contributed by atoms with Gasteiger partial charge in [-0.25, -0.2) is 9.59 Å². The summed E-state index contributed by atoms with van der Waals surface area (Å²) < 4.78 is 11.4. The van der Waals surface area contributed by atoms with Crippen molar-refractivity contribution in [3.8, 4) is 0 Å². The number of hydrogen-bond donors (Lipinski definition) is 2. The van der Waals surface area contributed by atoms with Gasteiger partial charge in [-0.15, -0.1) is 0 Å². The summed E-state index contributed by atoms with van der Waals surface area (Å²) in [5.74, 6) is -1.96. The predicted octanol–water partition coefficient (Wildman–Crippen LogP) is 1.13. The number of hydrogen-bond acceptors (Lipinski definition) is 7. The Hall–Kier alpha value is -2.61. The van der Waals surface area contributed by atoms with Crippen molar-refractivity contribution in [3.63, 3.8) is 0 Å². The molecule has 0 aromatic carbocycles. The lowest BCUT2D eigenvalue weighted by atomic mass is 9.86. The standard InChI is InChI=1S/C18H21NO7/c1-5-18(24)11-6-12-13(20)9(15(22)26-17(2,3)4)7-19(12)14(21)10(11)8-25-16(18)23/h6,20,24H,5,7-8H2,1-4H3. The molecule has 0 amide bonds. The molecule has 8 heteroatoms. The Kier molecular flexibility index (Phi) is 3.99. The van der Waals surface area contributed by atoms with Gasteiger partial charge in [0.2, 0.25) is 0 Å². The number of aliphatic hydroxyl groups excluding tert-OH is 1. The Labute approximate surface area is 149 Å². The number of aliphatic hydroxyl groups is 2. The highest BCUT2D eigenvalue weighted by Crippen LogP contribution is 2.36. The largest absolute Gasteiger partial charge is 0.505 e. The van der Waals surface area contributed by atoms with Crippen LogP contribution in [0, 0.1) is 0 Å². The topological polar surface area (TPSA) is 115 Å². The van der Waals surface area contributed by atoms with Crippen molar-refractivity contribution in [2.75, 3.05) is 0 Å². The van der Waals surface area contributed by atoms with Crippen molar-refractivity contribution >= 4 is 17.7 Å². The Balaban J connectivity index is 2.13. The molecule has 0 fully saturated rings. The first kappa shape index (κ1) is 18.2. The van der Waals surface area contributed by atoms with Gasteiger partial charge in [-0.2, -0.15) is 0 Å². The number of carbonyl (C=O) groups excluding carboxylic acids is 2. The minimum Gasteiger partial charge on any atom is -0.505 e. The first-order chi connectivity index (χ1) is 12.0. The van der Waals surface area contributed by atoms with E-state index >= 15 is 0 Å². The van der Waals surface area contributed by atoms with E-state index in [9.17, 15) is 24.6 Å². The lowest BCUT2D eigenvalue weighted by Crippen LogP contribution is -2.44. The highest BCUT2D eigenvalue weighted by Gasteiger charge is 2.45. The van der Waals surface area contributed by atoms with Gasteiger partial charge < -0.3 is 24.3 Å². The van der Waals surface area contributed by atoms with E-state index in [1.54, 1.807) is 27.7 Å². The second kappa shape index (κ2) is 5.70. The molecule has 1 aromatic rings. The molecule has 0 radical (unpaired) electrons. The molecule has 2 aliphatic rings. The second-order valence-electron chi connectivity index (χ2n) is 7.43. The highest BCUT2D eigenvalue weighted by atomic mass is 16.6. The molecule has 2 N–H and O–H groups in total. The lowest BCUT2D eigenvalue weighted by molar-refractivity contribution is -0.172. The molecule has 3 heterocycles. The van der Waals surface area contributed by atoms with E-state index < -0.39 is 34.5 Å². The molecule has 2 aliphatic heterocycles. The minimum atomic E-state index is -1.96. The molecule has 0 bridgehead atoms. The van der Waals surface area contributed by atoms with Gasteiger partial charge in [-0.1, -0.05) is 6.92 Å². The highest BCUT2D eigenvalue weighted by molar-refractivity contribution is 5.97. The Morgan fingerprint density at radius 2 is 2.04 bits per heavy atom. The third-order valence-electron chi connectivity index (χ3n) is 4.53. The van der Waals surface area contributed by atoms with Crippen LogP contribution in [0.5, 0.6) is 0 Å². The molecule has 0 saturated carbocycles. The molecule has 1 unspecified atom stereocenters. The van der Waals surface area contributed by atoms with Gasteiger partial charge in [0.25, 0.3) is 5.56 Å². The van der Waals surface area contributed by atoms with Gasteiger partial charge >= 0.3 is 11.9 Å². The fourth-order valence-corrected chi connectivity index (χ4v) is 3.14. The molecule has 1 atom stereocenters. The molecule has 140 valence electrons. The third-order valence-corrected chi connectivity index (χ3v) is 4.53. The average Bonchev–Trinajstić information content (AvgIpc) is 2.88. The van der Waals surface area contributed by atoms with E-state index in [-0.39, 0.29) is 42.0 Å². The van der Waals surface area contributed by atoms with Crippen LogP contribution in [0.2, 0.25) is 0 Å². The summed E-state index contributed by atoms with van der Waals surface area (Å²) in [6.45, 7) is 6.25. The van der Waals surface area contributed by atoms with E-state index in [4.69, 9.17) is 9.47 Å². The summed E-state index contributed by atoms with van der Waals surface area (Å²) in [6, 6.07) is 1.37. The van der Waals surface area contributed by atoms with E-state index in [0.29, 0.717) is 0 Å². The van der Waals surface area contributed by atoms with Gasteiger partial charge in [-0.3, -0.25) is 4.79 Å². The van der Waals surface area contributed by atoms with Crippen molar-refractivity contribution in [1.82, 2.24) is 4.57 Å². The minimum absolute atomic E-state index is 0.00509. The number of nitrogens with zero attached hydrogens (tertiary/aromatic N) is 1. The van der Waals surface area contributed by atoms with Crippen LogP contribution in [0.1, 0.15) is 50.9 Å². The van der Waals surface area contributed by atoms with Crippen LogP contribution in [0.15, 0.2) is 16.4 Å². The molecule has 0 spiro atoms. The third kappa shape index (κ3) is 2.61.